The van der Waals surface area contributed by atoms with Gasteiger partial charge in [0.15, 0.2) is 12.3 Å². The number of aliphatic hydroxyl groups is 1. The van der Waals surface area contributed by atoms with Crippen LogP contribution >= 0.6 is 0 Å². The van der Waals surface area contributed by atoms with Crippen LogP contribution in [0.25, 0.3) is 0 Å². The molecule has 202 valence electrons. The van der Waals surface area contributed by atoms with Gasteiger partial charge in [0.05, 0.1) is 57.3 Å². The number of carbonyl (C=O) groups is 5. The summed E-state index contributed by atoms with van der Waals surface area (Å²) in [7, 11) is 21.4. The molecule has 4 N–H and O–H groups in total. The molecule has 0 heterocycles. The molecule has 0 fully saturated rings. The van der Waals surface area contributed by atoms with Crippen molar-refractivity contribution in [3.05, 3.63) is 0 Å². The summed E-state index contributed by atoms with van der Waals surface area (Å²) < 4.78 is -0.561. The van der Waals surface area contributed by atoms with Crippen LogP contribution in [0.2, 0.25) is 19.0 Å². The summed E-state index contributed by atoms with van der Waals surface area (Å²) in [5.41, 5.74) is 0. The van der Waals surface area contributed by atoms with Gasteiger partial charge in [0, 0.05) is 39.2 Å². The van der Waals surface area contributed by atoms with Crippen molar-refractivity contribution in [2.75, 3.05) is 80.0 Å². The minimum atomic E-state index is -1.07. The van der Waals surface area contributed by atoms with E-state index < -0.39 is 12.1 Å². The zero-order valence-corrected chi connectivity index (χ0v) is 22.6. The van der Waals surface area contributed by atoms with Gasteiger partial charge in [-0.3, -0.25) is 28.7 Å². The Morgan fingerprint density at radius 2 is 1.41 bits per heavy atom. The first kappa shape index (κ1) is 34.9. The predicted octanol–water partition coefficient (Wildman–Crippen LogP) is -3.65. The van der Waals surface area contributed by atoms with Gasteiger partial charge in [-0.15, -0.1) is 0 Å². The highest BCUT2D eigenvalue weighted by atomic mass is 16.3. The second-order valence-electron chi connectivity index (χ2n) is 9.42. The molecule has 0 spiro atoms. The minimum absolute atomic E-state index is 0.00551. The molecule has 3 unspecified atom stereocenters. The van der Waals surface area contributed by atoms with Crippen LogP contribution in [0.1, 0.15) is 6.92 Å². The van der Waals surface area contributed by atoms with Gasteiger partial charge >= 0.3 is 11.8 Å². The molecule has 6 radical (unpaired) electrons. The number of likely N-dealkylation sites (N-methyl/N-ethyl adjacent to an activating group) is 3. The number of ketones is 1. The Morgan fingerprint density at radius 1 is 0.865 bits per heavy atom. The van der Waals surface area contributed by atoms with Crippen LogP contribution in [0, 0.1) is 0 Å². The Labute approximate surface area is 224 Å². The summed E-state index contributed by atoms with van der Waals surface area (Å²) in [5.74, 6) is -1.63. The number of hydrogen-bond donors (Lipinski definition) is 4. The molecular formula is C22H41B3N6O6+2. The van der Waals surface area contributed by atoms with E-state index in [1.807, 2.05) is 0 Å². The van der Waals surface area contributed by atoms with Crippen molar-refractivity contribution in [1.29, 1.82) is 0 Å². The van der Waals surface area contributed by atoms with Crippen LogP contribution in [0.5, 0.6) is 0 Å². The Balaban J connectivity index is 5.01. The number of Topliss-reactive ketones (excluding diaryl/α,β-unsaturated/α-hetero) is 1. The Bertz CT molecular complexity index is 792. The molecule has 4 amide bonds. The van der Waals surface area contributed by atoms with Crippen molar-refractivity contribution < 1.29 is 38.0 Å². The van der Waals surface area contributed by atoms with Crippen LogP contribution in [-0.2, 0) is 24.0 Å². The summed E-state index contributed by atoms with van der Waals surface area (Å²) in [5, 5.41) is 18.8. The molecule has 0 aromatic heterocycles. The van der Waals surface area contributed by atoms with Crippen molar-refractivity contribution >= 4 is 53.0 Å². The lowest BCUT2D eigenvalue weighted by atomic mass is 10.0. The molecule has 3 atom stereocenters. The van der Waals surface area contributed by atoms with Gasteiger partial charge in [-0.05, 0) is 13.4 Å². The van der Waals surface area contributed by atoms with Crippen molar-refractivity contribution in [2.24, 2.45) is 0 Å². The maximum absolute atomic E-state index is 12.6. The maximum Gasteiger partial charge on any atom is 0.305 e. The molecule has 0 aromatic carbocycles. The fourth-order valence-electron chi connectivity index (χ4n) is 3.78. The largest absolute Gasteiger partial charge is 0.377 e. The second kappa shape index (κ2) is 17.5. The zero-order valence-electron chi connectivity index (χ0n) is 22.6. The molecule has 0 rings (SSSR count). The van der Waals surface area contributed by atoms with E-state index in [4.69, 9.17) is 23.5 Å². The highest BCUT2D eigenvalue weighted by molar-refractivity contribution is 6.19. The average molecular weight is 518 g/mol. The number of carbonyl (C=O) groups excluding carboxylic acids is 5. The molecule has 37 heavy (non-hydrogen) atoms. The summed E-state index contributed by atoms with van der Waals surface area (Å²) in [6, 6.07) is 0. The van der Waals surface area contributed by atoms with E-state index in [2.05, 4.69) is 16.0 Å². The van der Waals surface area contributed by atoms with E-state index in [-0.39, 0.29) is 97.2 Å². The Morgan fingerprint density at radius 3 is 1.89 bits per heavy atom. The third-order valence-electron chi connectivity index (χ3n) is 6.08. The molecule has 0 saturated heterocycles. The highest BCUT2D eigenvalue weighted by Gasteiger charge is 2.34. The third kappa shape index (κ3) is 12.8. The number of amides is 4. The van der Waals surface area contributed by atoms with Crippen LogP contribution in [0.4, 0.5) is 0 Å². The number of aliphatic hydroxyl groups excluding tert-OH is 1. The number of nitrogens with zero attached hydrogens (tertiary/aromatic N) is 3. The van der Waals surface area contributed by atoms with E-state index in [0.29, 0.717) is 13.1 Å². The fraction of sp³-hybridized carbons (Fsp3) is 0.773. The zero-order chi connectivity index (χ0) is 28.6. The number of nitrogens with one attached hydrogen (secondary N) is 3. The molecule has 15 heteroatoms. The minimum Gasteiger partial charge on any atom is -0.377 e. The van der Waals surface area contributed by atoms with Gasteiger partial charge < -0.3 is 20.6 Å². The molecule has 0 aliphatic heterocycles. The highest BCUT2D eigenvalue weighted by Crippen LogP contribution is 2.08. The Hall–Kier alpha value is -2.06. The topological polar surface area (TPSA) is 145 Å². The normalized spacial score (nSPS) is 15.2. The van der Waals surface area contributed by atoms with E-state index in [9.17, 15) is 29.1 Å². The maximum atomic E-state index is 12.6. The van der Waals surface area contributed by atoms with Crippen LogP contribution < -0.4 is 16.0 Å². The first-order valence-corrected chi connectivity index (χ1v) is 12.2. The molecular weight excluding hydrogens is 477 g/mol. The lowest BCUT2D eigenvalue weighted by Crippen LogP contribution is -2.59. The van der Waals surface area contributed by atoms with Gasteiger partial charge in [-0.1, -0.05) is 0 Å². The van der Waals surface area contributed by atoms with Gasteiger partial charge in [-0.25, -0.2) is 9.59 Å². The van der Waals surface area contributed by atoms with Gasteiger partial charge in [-0.2, -0.15) is 0 Å². The predicted molar refractivity (Wildman–Crippen MR) is 142 cm³/mol. The SMILES string of the molecule is [B]CC(=O)N(CCNC)CC(O)NCC[N+](C)(CC(=O)NCC[N+](C)(CC(C)=O)C(=O)C[B])C(=O)C[B]. The molecule has 0 aliphatic carbocycles. The molecule has 0 bridgehead atoms. The van der Waals surface area contributed by atoms with E-state index in [1.165, 1.54) is 11.8 Å². The van der Waals surface area contributed by atoms with Gasteiger partial charge in [0.2, 0.25) is 5.91 Å². The first-order valence-electron chi connectivity index (χ1n) is 12.2. The summed E-state index contributed by atoms with van der Waals surface area (Å²) in [4.78, 5) is 62.4. The van der Waals surface area contributed by atoms with Crippen molar-refractivity contribution in [1.82, 2.24) is 20.9 Å². The number of hydrogen-bond acceptors (Lipinski definition) is 8. The number of quaternary nitrogens is 2. The summed E-state index contributed by atoms with van der Waals surface area (Å²) >= 11 is 0. The van der Waals surface area contributed by atoms with Crippen molar-refractivity contribution in [3.8, 4) is 0 Å². The van der Waals surface area contributed by atoms with Crippen LogP contribution in [0.3, 0.4) is 0 Å². The lowest BCUT2D eigenvalue weighted by Gasteiger charge is -2.33. The molecule has 0 saturated carbocycles. The van der Waals surface area contributed by atoms with Gasteiger partial charge in [0.25, 0.3) is 5.91 Å². The van der Waals surface area contributed by atoms with Crippen molar-refractivity contribution in [2.45, 2.75) is 32.1 Å². The van der Waals surface area contributed by atoms with Crippen LogP contribution in [0.15, 0.2) is 0 Å². The van der Waals surface area contributed by atoms with Crippen LogP contribution in [-0.4, -0.2) is 158 Å². The fourth-order valence-corrected chi connectivity index (χ4v) is 3.78. The summed E-state index contributed by atoms with van der Waals surface area (Å²) in [6.07, 6.45) is -1.77. The monoisotopic (exact) mass is 518 g/mol. The van der Waals surface area contributed by atoms with Crippen molar-refractivity contribution in [3.63, 3.8) is 0 Å². The first-order chi connectivity index (χ1) is 17.3. The molecule has 0 aliphatic rings. The molecule has 12 nitrogen and oxygen atoms in total. The van der Waals surface area contributed by atoms with Gasteiger partial charge in [0.1, 0.15) is 19.3 Å². The smallest absolute Gasteiger partial charge is 0.305 e. The molecule has 0 aromatic rings. The van der Waals surface area contributed by atoms with E-state index in [1.54, 1.807) is 21.1 Å². The third-order valence-corrected chi connectivity index (χ3v) is 6.08. The average Bonchev–Trinajstić information content (AvgIpc) is 2.84. The quantitative estimate of drug-likeness (QED) is 0.0780. The van der Waals surface area contributed by atoms with E-state index >= 15 is 0 Å². The van der Waals surface area contributed by atoms with E-state index in [0.717, 1.165) is 0 Å². The second-order valence-corrected chi connectivity index (χ2v) is 9.42. The number of rotatable bonds is 19. The summed E-state index contributed by atoms with van der Waals surface area (Å²) in [6.45, 7) is 2.59. The lowest BCUT2D eigenvalue weighted by molar-refractivity contribution is -0.825. The standard InChI is InChI=1S/C22H40B3N6O6/c1-17(32)15-30(3,21(36)12-24)9-7-28-19(34)16-31(4,22(37)13-25)10-6-27-18(33)14-29(8-5-26-2)20(35)11-23/h18,26-27,33H,5-16H2,1-4H3/q+1/p+1. The Kier molecular flexibility index (Phi) is 16.5.